The highest BCUT2D eigenvalue weighted by atomic mass is 32.1. The van der Waals surface area contributed by atoms with Crippen LogP contribution in [0.4, 0.5) is 0 Å². The zero-order valence-corrected chi connectivity index (χ0v) is 12.6. The monoisotopic (exact) mass is 299 g/mol. The number of aryl methyl sites for hydroxylation is 1. The zero-order valence-electron chi connectivity index (χ0n) is 11.7. The highest BCUT2D eigenvalue weighted by Crippen LogP contribution is 2.29. The van der Waals surface area contributed by atoms with E-state index in [9.17, 15) is 0 Å². The molecule has 0 N–H and O–H groups in total. The fourth-order valence-corrected chi connectivity index (χ4v) is 2.55. The van der Waals surface area contributed by atoms with Crippen LogP contribution in [-0.2, 0) is 12.8 Å². The second-order valence-electron chi connectivity index (χ2n) is 4.82. The van der Waals surface area contributed by atoms with Gasteiger partial charge in [0.25, 0.3) is 0 Å². The second kappa shape index (κ2) is 6.68. The Morgan fingerprint density at radius 2 is 1.86 bits per heavy atom. The molecule has 0 spiro atoms. The van der Waals surface area contributed by atoms with E-state index in [1.54, 1.807) is 0 Å². The van der Waals surface area contributed by atoms with Crippen molar-refractivity contribution >= 4 is 23.6 Å². The van der Waals surface area contributed by atoms with E-state index in [0.29, 0.717) is 6.61 Å². The van der Waals surface area contributed by atoms with Gasteiger partial charge in [0, 0.05) is 12.8 Å². The quantitative estimate of drug-likeness (QED) is 0.701. The molecule has 3 nitrogen and oxygen atoms in total. The van der Waals surface area contributed by atoms with Gasteiger partial charge in [-0.05, 0) is 23.4 Å². The molecule has 3 aromatic rings. The molecule has 2 aromatic carbocycles. The highest BCUT2D eigenvalue weighted by molar-refractivity contribution is 7.80. The van der Waals surface area contributed by atoms with E-state index in [0.717, 1.165) is 41.0 Å². The number of nitrogens with zero attached hydrogens (tertiary/aromatic N) is 1. The molecule has 0 aliphatic heterocycles. The van der Waals surface area contributed by atoms with Crippen molar-refractivity contribution in [1.29, 1.82) is 0 Å². The maximum absolute atomic E-state index is 5.94. The molecule has 1 heterocycles. The number of aromatic nitrogens is 1. The molecule has 0 unspecified atom stereocenters. The molecule has 108 valence electrons. The number of fused-ring (bicyclic) bond motifs is 1. The predicted molar refractivity (Wildman–Crippen MR) is 87.2 cm³/mol. The van der Waals surface area contributed by atoms with E-state index < -0.39 is 0 Å². The molecule has 0 amide bonds. The largest absolute Gasteiger partial charge is 0.492 e. The molecule has 21 heavy (non-hydrogen) atoms. The normalized spacial score (nSPS) is 10.9. The van der Waals surface area contributed by atoms with E-state index in [1.165, 1.54) is 5.56 Å². The van der Waals surface area contributed by atoms with Gasteiger partial charge in [0.1, 0.15) is 5.75 Å². The van der Waals surface area contributed by atoms with E-state index >= 15 is 0 Å². The molecule has 0 fully saturated rings. The standard InChI is InChI=1S/C17H17NO2S/c21-12-10-14-17-15(7-4-8-16(17)20-18-14)19-11-9-13-5-2-1-3-6-13/h1-8,21H,9-12H2. The summed E-state index contributed by atoms with van der Waals surface area (Å²) in [7, 11) is 0. The van der Waals surface area contributed by atoms with Crippen LogP contribution in [0.3, 0.4) is 0 Å². The third-order valence-electron chi connectivity index (χ3n) is 3.37. The van der Waals surface area contributed by atoms with Crippen LogP contribution in [0.25, 0.3) is 11.0 Å². The summed E-state index contributed by atoms with van der Waals surface area (Å²) in [5.74, 6) is 1.57. The molecule has 0 atom stereocenters. The molecule has 1 aromatic heterocycles. The lowest BCUT2D eigenvalue weighted by molar-refractivity contribution is 0.325. The number of ether oxygens (including phenoxy) is 1. The van der Waals surface area contributed by atoms with Gasteiger partial charge < -0.3 is 9.26 Å². The number of benzene rings is 2. The van der Waals surface area contributed by atoms with Crippen LogP contribution in [0.2, 0.25) is 0 Å². The van der Waals surface area contributed by atoms with Gasteiger partial charge in [-0.3, -0.25) is 0 Å². The first kappa shape index (κ1) is 14.0. The highest BCUT2D eigenvalue weighted by Gasteiger charge is 2.12. The topological polar surface area (TPSA) is 35.3 Å². The number of hydrogen-bond acceptors (Lipinski definition) is 4. The van der Waals surface area contributed by atoms with Crippen LogP contribution < -0.4 is 4.74 Å². The van der Waals surface area contributed by atoms with Gasteiger partial charge in [0.15, 0.2) is 5.58 Å². The molecule has 0 saturated heterocycles. The molecule has 0 bridgehead atoms. The molecule has 4 heteroatoms. The summed E-state index contributed by atoms with van der Waals surface area (Å²) in [6.07, 6.45) is 1.65. The summed E-state index contributed by atoms with van der Waals surface area (Å²) in [6.45, 7) is 0.634. The van der Waals surface area contributed by atoms with Gasteiger partial charge in [0.2, 0.25) is 0 Å². The maximum atomic E-state index is 5.94. The first-order chi connectivity index (χ1) is 10.4. The van der Waals surface area contributed by atoms with Crippen molar-refractivity contribution in [2.75, 3.05) is 12.4 Å². The summed E-state index contributed by atoms with van der Waals surface area (Å²) in [6, 6.07) is 16.1. The third-order valence-corrected chi connectivity index (χ3v) is 3.59. The minimum absolute atomic E-state index is 0.634. The second-order valence-corrected chi connectivity index (χ2v) is 5.26. The minimum atomic E-state index is 0.634. The van der Waals surface area contributed by atoms with Gasteiger partial charge in [-0.1, -0.05) is 41.6 Å². The first-order valence-corrected chi connectivity index (χ1v) is 7.66. The van der Waals surface area contributed by atoms with E-state index in [1.807, 2.05) is 36.4 Å². The van der Waals surface area contributed by atoms with Crippen LogP contribution in [0.5, 0.6) is 5.75 Å². The fourth-order valence-electron chi connectivity index (χ4n) is 2.34. The van der Waals surface area contributed by atoms with Gasteiger partial charge in [-0.2, -0.15) is 12.6 Å². The van der Waals surface area contributed by atoms with E-state index in [4.69, 9.17) is 9.26 Å². The Balaban J connectivity index is 1.75. The van der Waals surface area contributed by atoms with Crippen molar-refractivity contribution in [3.05, 3.63) is 59.8 Å². The number of thiol groups is 1. The lowest BCUT2D eigenvalue weighted by atomic mass is 10.1. The van der Waals surface area contributed by atoms with Gasteiger partial charge in [-0.25, -0.2) is 0 Å². The maximum Gasteiger partial charge on any atom is 0.170 e. The Bertz CT molecular complexity index is 709. The van der Waals surface area contributed by atoms with Crippen LogP contribution >= 0.6 is 12.6 Å². The summed E-state index contributed by atoms with van der Waals surface area (Å²) in [5, 5.41) is 5.08. The average molecular weight is 299 g/mol. The van der Waals surface area contributed by atoms with Crippen LogP contribution in [0, 0.1) is 0 Å². The molecule has 3 rings (SSSR count). The Labute approximate surface area is 129 Å². The lowest BCUT2D eigenvalue weighted by Crippen LogP contribution is -2.02. The Hall–Kier alpha value is -1.94. The zero-order chi connectivity index (χ0) is 14.5. The van der Waals surface area contributed by atoms with Gasteiger partial charge in [0.05, 0.1) is 17.7 Å². The SMILES string of the molecule is SCCc1noc2cccc(OCCc3ccccc3)c12. The molecular formula is C17H17NO2S. The van der Waals surface area contributed by atoms with Crippen LogP contribution in [-0.4, -0.2) is 17.5 Å². The van der Waals surface area contributed by atoms with Crippen molar-refractivity contribution in [2.45, 2.75) is 12.8 Å². The first-order valence-electron chi connectivity index (χ1n) is 7.03. The summed E-state index contributed by atoms with van der Waals surface area (Å²) in [5.41, 5.74) is 2.95. The molecule has 0 aliphatic rings. The Morgan fingerprint density at radius 1 is 1.00 bits per heavy atom. The van der Waals surface area contributed by atoms with Crippen molar-refractivity contribution < 1.29 is 9.26 Å². The number of rotatable bonds is 6. The smallest absolute Gasteiger partial charge is 0.170 e. The molecule has 0 radical (unpaired) electrons. The van der Waals surface area contributed by atoms with Gasteiger partial charge in [-0.15, -0.1) is 0 Å². The predicted octanol–water partition coefficient (Wildman–Crippen LogP) is 3.92. The third kappa shape index (κ3) is 3.22. The number of hydrogen-bond donors (Lipinski definition) is 1. The summed E-state index contributed by atoms with van der Waals surface area (Å²) in [4.78, 5) is 0. The minimum Gasteiger partial charge on any atom is -0.492 e. The fraction of sp³-hybridized carbons (Fsp3) is 0.235. The van der Waals surface area contributed by atoms with Crippen molar-refractivity contribution in [1.82, 2.24) is 5.16 Å². The van der Waals surface area contributed by atoms with Crippen LogP contribution in [0.15, 0.2) is 53.1 Å². The van der Waals surface area contributed by atoms with Gasteiger partial charge >= 0.3 is 0 Å². The van der Waals surface area contributed by atoms with Crippen LogP contribution in [0.1, 0.15) is 11.3 Å². The Morgan fingerprint density at radius 3 is 2.67 bits per heavy atom. The lowest BCUT2D eigenvalue weighted by Gasteiger charge is -2.07. The van der Waals surface area contributed by atoms with E-state index in [2.05, 4.69) is 29.9 Å². The molecular weight excluding hydrogens is 282 g/mol. The molecule has 0 saturated carbocycles. The summed E-state index contributed by atoms with van der Waals surface area (Å²) < 4.78 is 11.3. The van der Waals surface area contributed by atoms with Crippen molar-refractivity contribution in [3.63, 3.8) is 0 Å². The summed E-state index contributed by atoms with van der Waals surface area (Å²) >= 11 is 4.26. The van der Waals surface area contributed by atoms with Crippen molar-refractivity contribution in [2.24, 2.45) is 0 Å². The van der Waals surface area contributed by atoms with Crippen molar-refractivity contribution in [3.8, 4) is 5.75 Å². The average Bonchev–Trinajstić information content (AvgIpc) is 2.93. The Kier molecular flexibility index (Phi) is 4.46. The molecule has 0 aliphatic carbocycles. The van der Waals surface area contributed by atoms with E-state index in [-0.39, 0.29) is 0 Å².